The van der Waals surface area contributed by atoms with Crippen molar-refractivity contribution in [3.63, 3.8) is 0 Å². The van der Waals surface area contributed by atoms with Gasteiger partial charge in [0.25, 0.3) is 0 Å². The van der Waals surface area contributed by atoms with Crippen LogP contribution in [0.25, 0.3) is 6.08 Å². The van der Waals surface area contributed by atoms with E-state index in [-0.39, 0.29) is 41.9 Å². The number of rotatable bonds is 5. The number of benzene rings is 2. The third-order valence-corrected chi connectivity index (χ3v) is 9.56. The monoisotopic (exact) mass is 585 g/mol. The molecule has 2 aliphatic carbocycles. The molecule has 3 N–H and O–H groups in total. The van der Waals surface area contributed by atoms with Crippen LogP contribution in [0.1, 0.15) is 25.3 Å². The number of carbonyl (C=O) groups excluding carboxylic acids is 5. The van der Waals surface area contributed by atoms with Gasteiger partial charge >= 0.3 is 6.03 Å². The molecule has 2 aliphatic heterocycles. The zero-order valence-corrected chi connectivity index (χ0v) is 23.9. The van der Waals surface area contributed by atoms with Gasteiger partial charge in [-0.25, -0.2) is 9.69 Å². The van der Waals surface area contributed by atoms with E-state index in [4.69, 9.17) is 15.2 Å². The number of phenolic OH excluding ortho intramolecular Hbond substituents is 1. The highest BCUT2D eigenvalue weighted by molar-refractivity contribution is 6.24. The number of methoxy groups -OCH3 is 2. The van der Waals surface area contributed by atoms with Crippen LogP contribution in [0.3, 0.4) is 0 Å². The minimum Gasteiger partial charge on any atom is -0.502 e. The SMILES string of the molecule is COc1cc(C=C[C@H]2C3=CC[C@@H]4C(=O)N(C(N)=O)C(=O)[C@@H]4[C@@H]3C[C@H]3C(=O)N(c4ccccc4)C(=O)[C@@]23C)cc(OC)c1O. The first-order valence-corrected chi connectivity index (χ1v) is 14.0. The van der Waals surface area contributed by atoms with Crippen LogP contribution in [0.2, 0.25) is 0 Å². The number of carbonyl (C=O) groups is 5. The van der Waals surface area contributed by atoms with Gasteiger partial charge in [0.2, 0.25) is 29.4 Å². The second-order valence-corrected chi connectivity index (χ2v) is 11.5. The Kier molecular flexibility index (Phi) is 6.63. The maximum atomic E-state index is 14.3. The smallest absolute Gasteiger partial charge is 0.328 e. The number of amides is 6. The largest absolute Gasteiger partial charge is 0.502 e. The number of anilines is 1. The summed E-state index contributed by atoms with van der Waals surface area (Å²) in [5.74, 6) is -5.49. The van der Waals surface area contributed by atoms with Gasteiger partial charge in [0.05, 0.1) is 43.1 Å². The molecule has 0 spiro atoms. The Balaban J connectivity index is 1.49. The van der Waals surface area contributed by atoms with Crippen molar-refractivity contribution in [2.75, 3.05) is 19.1 Å². The second kappa shape index (κ2) is 10.1. The lowest BCUT2D eigenvalue weighted by molar-refractivity contribution is -0.136. The van der Waals surface area contributed by atoms with Crippen LogP contribution in [0, 0.1) is 35.0 Å². The molecular formula is C32H31N3O8. The number of hydrogen-bond acceptors (Lipinski definition) is 8. The lowest BCUT2D eigenvalue weighted by Gasteiger charge is -2.47. The van der Waals surface area contributed by atoms with Crippen LogP contribution in [0.15, 0.2) is 60.2 Å². The maximum Gasteiger partial charge on any atom is 0.328 e. The number of likely N-dealkylation sites (tertiary alicyclic amines) is 1. The summed E-state index contributed by atoms with van der Waals surface area (Å²) < 4.78 is 10.6. The van der Waals surface area contributed by atoms with Gasteiger partial charge < -0.3 is 20.3 Å². The van der Waals surface area contributed by atoms with Crippen LogP contribution in [0.5, 0.6) is 17.2 Å². The molecule has 0 aromatic heterocycles. The summed E-state index contributed by atoms with van der Waals surface area (Å²) in [6, 6.07) is 10.8. The topological polar surface area (TPSA) is 157 Å². The molecule has 11 nitrogen and oxygen atoms in total. The van der Waals surface area contributed by atoms with Crippen molar-refractivity contribution in [1.82, 2.24) is 4.90 Å². The van der Waals surface area contributed by atoms with Gasteiger partial charge in [-0.05, 0) is 55.5 Å². The summed E-state index contributed by atoms with van der Waals surface area (Å²) in [5.41, 5.74) is 6.01. The van der Waals surface area contributed by atoms with Crippen LogP contribution in [0.4, 0.5) is 10.5 Å². The molecule has 6 atom stereocenters. The highest BCUT2D eigenvalue weighted by atomic mass is 16.5. The minimum absolute atomic E-state index is 0.161. The molecule has 6 amide bonds. The molecular weight excluding hydrogens is 554 g/mol. The van der Waals surface area contributed by atoms with Crippen molar-refractivity contribution in [1.29, 1.82) is 0 Å². The van der Waals surface area contributed by atoms with Gasteiger partial charge in [0.15, 0.2) is 11.5 Å². The maximum absolute atomic E-state index is 14.3. The molecule has 6 rings (SSSR count). The average Bonchev–Trinajstić information content (AvgIpc) is 3.37. The molecule has 43 heavy (non-hydrogen) atoms. The van der Waals surface area contributed by atoms with E-state index in [1.54, 1.807) is 55.5 Å². The standard InChI is InChI=1S/C32H31N3O8/c1-32-21(12-9-16-13-23(42-2)26(36)24(14-16)43-3)18-10-11-19-25(29(39)35(27(19)37)31(33)41)20(18)15-22(32)28(38)34(30(32)40)17-7-5-4-6-8-17/h4-10,12-14,19-22,25,36H,11,15H2,1-3H3,(H2,33,41)/t19-,20+,21-,22-,25-,32-/m0/s1. The van der Waals surface area contributed by atoms with E-state index in [0.29, 0.717) is 16.2 Å². The highest BCUT2D eigenvalue weighted by Gasteiger charge is 2.67. The Morgan fingerprint density at radius 3 is 2.26 bits per heavy atom. The molecule has 2 heterocycles. The van der Waals surface area contributed by atoms with Crippen molar-refractivity contribution in [2.45, 2.75) is 19.8 Å². The zero-order chi connectivity index (χ0) is 30.8. The van der Waals surface area contributed by atoms with Crippen molar-refractivity contribution in [2.24, 2.45) is 40.7 Å². The number of nitrogens with two attached hydrogens (primary N) is 1. The number of aromatic hydroxyl groups is 1. The van der Waals surface area contributed by atoms with Crippen molar-refractivity contribution < 1.29 is 38.6 Å². The Bertz CT molecular complexity index is 1610. The van der Waals surface area contributed by atoms with E-state index in [0.717, 1.165) is 5.57 Å². The van der Waals surface area contributed by atoms with Gasteiger partial charge in [0.1, 0.15) is 0 Å². The van der Waals surface area contributed by atoms with Crippen molar-refractivity contribution in [3.05, 3.63) is 65.8 Å². The number of ether oxygens (including phenoxy) is 2. The fraction of sp³-hybridized carbons (Fsp3) is 0.344. The molecule has 3 fully saturated rings. The average molecular weight is 586 g/mol. The zero-order valence-electron chi connectivity index (χ0n) is 23.9. The molecule has 2 aromatic carbocycles. The van der Waals surface area contributed by atoms with Gasteiger partial charge in [-0.1, -0.05) is 42.0 Å². The molecule has 222 valence electrons. The summed E-state index contributed by atoms with van der Waals surface area (Å²) in [5, 5.41) is 10.4. The van der Waals surface area contributed by atoms with E-state index in [1.165, 1.54) is 19.1 Å². The Morgan fingerprint density at radius 1 is 1.00 bits per heavy atom. The first-order chi connectivity index (χ1) is 20.5. The lowest BCUT2D eigenvalue weighted by atomic mass is 9.52. The van der Waals surface area contributed by atoms with E-state index in [9.17, 15) is 29.1 Å². The predicted octanol–water partition coefficient (Wildman–Crippen LogP) is 3.26. The van der Waals surface area contributed by atoms with E-state index in [1.807, 2.05) is 12.2 Å². The number of nitrogens with zero attached hydrogens (tertiary/aromatic N) is 2. The first-order valence-electron chi connectivity index (χ1n) is 14.0. The number of imide groups is 4. The summed E-state index contributed by atoms with van der Waals surface area (Å²) in [6.07, 6.45) is 5.81. The minimum atomic E-state index is -1.21. The highest BCUT2D eigenvalue weighted by Crippen LogP contribution is 2.61. The number of primary amides is 1. The Morgan fingerprint density at radius 2 is 1.65 bits per heavy atom. The quantitative estimate of drug-likeness (QED) is 0.400. The molecule has 0 bridgehead atoms. The lowest BCUT2D eigenvalue weighted by Crippen LogP contribution is -2.49. The summed E-state index contributed by atoms with van der Waals surface area (Å²) in [7, 11) is 2.83. The molecule has 11 heteroatoms. The molecule has 4 aliphatic rings. The predicted molar refractivity (Wildman–Crippen MR) is 153 cm³/mol. The molecule has 1 saturated carbocycles. The van der Waals surface area contributed by atoms with Gasteiger partial charge in [-0.15, -0.1) is 0 Å². The molecule has 0 unspecified atom stereocenters. The number of allylic oxidation sites excluding steroid dienone is 3. The van der Waals surface area contributed by atoms with Crippen molar-refractivity contribution in [3.8, 4) is 17.2 Å². The van der Waals surface area contributed by atoms with Crippen LogP contribution >= 0.6 is 0 Å². The summed E-state index contributed by atoms with van der Waals surface area (Å²) in [6.45, 7) is 1.77. The van der Waals surface area contributed by atoms with Gasteiger partial charge in [0, 0.05) is 5.92 Å². The Labute approximate surface area is 247 Å². The number of hydrogen-bond donors (Lipinski definition) is 2. The second-order valence-electron chi connectivity index (χ2n) is 11.5. The van der Waals surface area contributed by atoms with E-state index < -0.39 is 52.8 Å². The fourth-order valence-electron chi connectivity index (χ4n) is 7.48. The first kappa shape index (κ1) is 28.2. The number of phenols is 1. The van der Waals surface area contributed by atoms with Gasteiger partial charge in [-0.2, -0.15) is 4.90 Å². The van der Waals surface area contributed by atoms with Crippen LogP contribution < -0.4 is 20.1 Å². The number of para-hydroxylation sites is 1. The van der Waals surface area contributed by atoms with Crippen LogP contribution in [-0.2, 0) is 19.2 Å². The number of fused-ring (bicyclic) bond motifs is 4. The molecule has 2 saturated heterocycles. The molecule has 2 aromatic rings. The van der Waals surface area contributed by atoms with Gasteiger partial charge in [-0.3, -0.25) is 19.2 Å². The van der Waals surface area contributed by atoms with Crippen LogP contribution in [-0.4, -0.2) is 53.9 Å². The molecule has 0 radical (unpaired) electrons. The normalized spacial score (nSPS) is 29.8. The number of urea groups is 1. The van der Waals surface area contributed by atoms with Crippen molar-refractivity contribution >= 4 is 41.4 Å². The fourth-order valence-corrected chi connectivity index (χ4v) is 7.48. The Hall–Kier alpha value is -4.93. The summed E-state index contributed by atoms with van der Waals surface area (Å²) >= 11 is 0. The summed E-state index contributed by atoms with van der Waals surface area (Å²) in [4.78, 5) is 68.6. The van der Waals surface area contributed by atoms with E-state index in [2.05, 4.69) is 0 Å². The van der Waals surface area contributed by atoms with E-state index >= 15 is 0 Å². The third-order valence-electron chi connectivity index (χ3n) is 9.56. The third kappa shape index (κ3) is 3.98.